The van der Waals surface area contributed by atoms with E-state index in [0.717, 1.165) is 11.0 Å². The summed E-state index contributed by atoms with van der Waals surface area (Å²) in [5, 5.41) is -0.499. The quantitative estimate of drug-likeness (QED) is 0.707. The van der Waals surface area contributed by atoms with Gasteiger partial charge in [-0.05, 0) is 35.0 Å². The number of nitrogens with zero attached hydrogens (tertiary/aromatic N) is 2. The predicted molar refractivity (Wildman–Crippen MR) is 91.1 cm³/mol. The second-order valence-electron chi connectivity index (χ2n) is 5.70. The second kappa shape index (κ2) is 6.17. The van der Waals surface area contributed by atoms with E-state index < -0.39 is 46.4 Å². The number of rotatable bonds is 2. The molecule has 1 aliphatic heterocycles. The van der Waals surface area contributed by atoms with Crippen LogP contribution in [0, 0.1) is 5.82 Å². The van der Waals surface area contributed by atoms with E-state index in [-0.39, 0.29) is 10.3 Å². The number of alkyl halides is 2. The molecular weight excluding hydrogens is 423 g/mol. The molecule has 0 aliphatic carbocycles. The molecule has 0 bridgehead atoms. The average Bonchev–Trinajstić information content (AvgIpc) is 2.55. The highest BCUT2D eigenvalue weighted by molar-refractivity contribution is 9.10. The summed E-state index contributed by atoms with van der Waals surface area (Å²) >= 11 is 8.70. The third-order valence-corrected chi connectivity index (χ3v) is 5.56. The summed E-state index contributed by atoms with van der Waals surface area (Å²) in [6.45, 7) is 0.662. The Morgan fingerprint density at radius 2 is 2.16 bits per heavy atom. The van der Waals surface area contributed by atoms with E-state index in [1.807, 2.05) is 0 Å². The smallest absolute Gasteiger partial charge is 0.292 e. The number of pyridine rings is 1. The zero-order valence-corrected chi connectivity index (χ0v) is 15.2. The van der Waals surface area contributed by atoms with Gasteiger partial charge in [-0.1, -0.05) is 17.7 Å². The van der Waals surface area contributed by atoms with E-state index in [1.165, 1.54) is 6.20 Å². The van der Waals surface area contributed by atoms with Crippen LogP contribution in [0.5, 0.6) is 0 Å². The molecule has 1 amide bonds. The summed E-state index contributed by atoms with van der Waals surface area (Å²) in [5.41, 5.74) is 5.08. The van der Waals surface area contributed by atoms with Crippen molar-refractivity contribution in [1.29, 1.82) is 0 Å². The highest BCUT2D eigenvalue weighted by atomic mass is 79.9. The minimum Gasteiger partial charge on any atom is -0.383 e. The summed E-state index contributed by atoms with van der Waals surface area (Å²) in [7, 11) is 0. The zero-order chi connectivity index (χ0) is 18.5. The van der Waals surface area contributed by atoms with E-state index in [0.29, 0.717) is 5.56 Å². The monoisotopic (exact) mass is 433 g/mol. The standard InChI is InChI=1S/C16H12BrClF3N3O/c1-7(8-3-2-4-23-14(8)22)24-6-16(20,21)11-9(15(24)25)5-10(19)12(17)13(11)18/h2-5,7H,6H2,1H3,(H2,22,23). The molecule has 1 aromatic carbocycles. The topological polar surface area (TPSA) is 59.2 Å². The molecule has 2 N–H and O–H groups in total. The molecule has 0 saturated heterocycles. The van der Waals surface area contributed by atoms with Crippen LogP contribution < -0.4 is 5.73 Å². The summed E-state index contributed by atoms with van der Waals surface area (Å²) in [4.78, 5) is 17.6. The fraction of sp³-hybridized carbons (Fsp3) is 0.250. The number of halogens is 5. The lowest BCUT2D eigenvalue weighted by Crippen LogP contribution is -2.47. The van der Waals surface area contributed by atoms with Crippen LogP contribution in [0.2, 0.25) is 5.02 Å². The molecule has 0 spiro atoms. The molecule has 2 aromatic rings. The maximum atomic E-state index is 14.7. The fourth-order valence-electron chi connectivity index (χ4n) is 2.90. The van der Waals surface area contributed by atoms with Crippen LogP contribution in [-0.2, 0) is 5.92 Å². The first kappa shape index (κ1) is 18.0. The van der Waals surface area contributed by atoms with Crippen molar-refractivity contribution in [3.05, 3.63) is 56.4 Å². The van der Waals surface area contributed by atoms with Gasteiger partial charge in [-0.25, -0.2) is 9.37 Å². The summed E-state index contributed by atoms with van der Waals surface area (Å²) in [5.74, 6) is -4.94. The zero-order valence-electron chi connectivity index (χ0n) is 12.9. The van der Waals surface area contributed by atoms with Crippen molar-refractivity contribution in [2.75, 3.05) is 12.3 Å². The Bertz CT molecular complexity index is 878. The molecule has 1 atom stereocenters. The lowest BCUT2D eigenvalue weighted by Gasteiger charge is -2.38. The molecule has 2 heterocycles. The first-order valence-corrected chi connectivity index (χ1v) is 8.39. The van der Waals surface area contributed by atoms with E-state index >= 15 is 0 Å². The number of aromatic nitrogens is 1. The second-order valence-corrected chi connectivity index (χ2v) is 6.87. The first-order chi connectivity index (χ1) is 11.6. The van der Waals surface area contributed by atoms with Gasteiger partial charge >= 0.3 is 0 Å². The van der Waals surface area contributed by atoms with Gasteiger partial charge in [0.2, 0.25) is 0 Å². The molecule has 0 radical (unpaired) electrons. The Hall–Kier alpha value is -1.80. The number of hydrogen-bond acceptors (Lipinski definition) is 3. The van der Waals surface area contributed by atoms with Crippen molar-refractivity contribution >= 4 is 39.3 Å². The van der Waals surface area contributed by atoms with Gasteiger partial charge in [-0.15, -0.1) is 0 Å². The lowest BCUT2D eigenvalue weighted by molar-refractivity contribution is -0.0485. The number of fused-ring (bicyclic) bond motifs is 1. The van der Waals surface area contributed by atoms with Gasteiger partial charge in [0.15, 0.2) is 0 Å². The Morgan fingerprint density at radius 3 is 2.80 bits per heavy atom. The van der Waals surface area contributed by atoms with E-state index in [9.17, 15) is 18.0 Å². The molecule has 0 fully saturated rings. The van der Waals surface area contributed by atoms with Gasteiger partial charge < -0.3 is 10.6 Å². The first-order valence-electron chi connectivity index (χ1n) is 7.22. The number of nitrogen functional groups attached to an aromatic ring is 1. The maximum Gasteiger partial charge on any atom is 0.292 e. The molecule has 25 heavy (non-hydrogen) atoms. The highest BCUT2D eigenvalue weighted by Crippen LogP contribution is 2.46. The van der Waals surface area contributed by atoms with Gasteiger partial charge in [0.25, 0.3) is 11.8 Å². The Balaban J connectivity index is 2.13. The number of nitrogens with two attached hydrogens (primary N) is 1. The van der Waals surface area contributed by atoms with Crippen molar-refractivity contribution in [1.82, 2.24) is 9.88 Å². The third kappa shape index (κ3) is 2.87. The average molecular weight is 435 g/mol. The normalized spacial score (nSPS) is 17.4. The largest absolute Gasteiger partial charge is 0.383 e. The SMILES string of the molecule is CC(c1cccnc1N)N1CC(F)(F)c2c(cc(F)c(Br)c2Cl)C1=O. The van der Waals surface area contributed by atoms with Crippen molar-refractivity contribution in [3.8, 4) is 0 Å². The van der Waals surface area contributed by atoms with Crippen LogP contribution in [0.15, 0.2) is 28.9 Å². The van der Waals surface area contributed by atoms with E-state index in [2.05, 4.69) is 20.9 Å². The van der Waals surface area contributed by atoms with Crippen LogP contribution in [0.3, 0.4) is 0 Å². The predicted octanol–water partition coefficient (Wildman–Crippen LogP) is 4.53. The molecule has 1 aromatic heterocycles. The Labute approximate surface area is 154 Å². The third-order valence-electron chi connectivity index (χ3n) is 4.18. The number of amides is 1. The lowest BCUT2D eigenvalue weighted by atomic mass is 9.93. The van der Waals surface area contributed by atoms with Gasteiger partial charge in [0.1, 0.15) is 11.6 Å². The van der Waals surface area contributed by atoms with Crippen LogP contribution in [0.4, 0.5) is 19.0 Å². The van der Waals surface area contributed by atoms with Gasteiger partial charge in [-0.2, -0.15) is 8.78 Å². The molecule has 132 valence electrons. The maximum absolute atomic E-state index is 14.7. The van der Waals surface area contributed by atoms with Crippen molar-refractivity contribution in [3.63, 3.8) is 0 Å². The van der Waals surface area contributed by atoms with Crippen molar-refractivity contribution in [2.24, 2.45) is 0 Å². The molecular formula is C16H12BrClF3N3O. The van der Waals surface area contributed by atoms with Crippen molar-refractivity contribution in [2.45, 2.75) is 18.9 Å². The molecule has 3 rings (SSSR count). The minimum absolute atomic E-state index is 0.136. The Morgan fingerprint density at radius 1 is 1.48 bits per heavy atom. The van der Waals surface area contributed by atoms with Gasteiger partial charge in [-0.3, -0.25) is 4.79 Å². The Kier molecular flexibility index (Phi) is 4.45. The molecule has 1 aliphatic rings. The van der Waals surface area contributed by atoms with E-state index in [4.69, 9.17) is 17.3 Å². The molecule has 4 nitrogen and oxygen atoms in total. The van der Waals surface area contributed by atoms with Gasteiger partial charge in [0.05, 0.1) is 33.2 Å². The van der Waals surface area contributed by atoms with E-state index in [1.54, 1.807) is 19.1 Å². The number of anilines is 1. The highest BCUT2D eigenvalue weighted by Gasteiger charge is 2.48. The number of benzene rings is 1. The van der Waals surface area contributed by atoms with Crippen LogP contribution in [0.1, 0.15) is 34.5 Å². The fourth-order valence-corrected chi connectivity index (χ4v) is 3.55. The summed E-state index contributed by atoms with van der Waals surface area (Å²) in [6.07, 6.45) is 1.46. The minimum atomic E-state index is -3.44. The molecule has 9 heteroatoms. The number of carbonyl (C=O) groups excluding carboxylic acids is 1. The number of hydrogen-bond donors (Lipinski definition) is 1. The summed E-state index contributed by atoms with van der Waals surface area (Å²) < 4.78 is 43.0. The number of carbonyl (C=O) groups is 1. The molecule has 0 saturated carbocycles. The van der Waals surface area contributed by atoms with Crippen LogP contribution in [-0.4, -0.2) is 22.3 Å². The van der Waals surface area contributed by atoms with Gasteiger partial charge in [0, 0.05) is 11.8 Å². The van der Waals surface area contributed by atoms with Crippen LogP contribution in [0.25, 0.3) is 0 Å². The molecule has 1 unspecified atom stereocenters. The van der Waals surface area contributed by atoms with Crippen LogP contribution >= 0.6 is 27.5 Å². The van der Waals surface area contributed by atoms with Crippen molar-refractivity contribution < 1.29 is 18.0 Å². The summed E-state index contributed by atoms with van der Waals surface area (Å²) in [6, 6.07) is 3.19.